The van der Waals surface area contributed by atoms with Crippen LogP contribution in [0.3, 0.4) is 0 Å². The van der Waals surface area contributed by atoms with Gasteiger partial charge in [0.25, 0.3) is 0 Å². The summed E-state index contributed by atoms with van der Waals surface area (Å²) >= 11 is 1.40. The summed E-state index contributed by atoms with van der Waals surface area (Å²) in [4.78, 5) is 28.5. The third-order valence-corrected chi connectivity index (χ3v) is 9.23. The molecule has 0 radical (unpaired) electrons. The van der Waals surface area contributed by atoms with Crippen LogP contribution < -0.4 is 10.6 Å². The lowest BCUT2D eigenvalue weighted by Crippen LogP contribution is -2.55. The van der Waals surface area contributed by atoms with Crippen LogP contribution in [0.5, 0.6) is 0 Å². The monoisotopic (exact) mass is 598 g/mol. The fraction of sp³-hybridized carbons (Fsp3) is 0.581. The lowest BCUT2D eigenvalue weighted by atomic mass is 9.97. The van der Waals surface area contributed by atoms with Gasteiger partial charge < -0.3 is 19.9 Å². The van der Waals surface area contributed by atoms with Gasteiger partial charge in [-0.15, -0.1) is 11.3 Å². The molecule has 226 valence electrons. The molecule has 2 aliphatic heterocycles. The van der Waals surface area contributed by atoms with E-state index >= 15 is 4.39 Å². The number of hydrogen-bond donors (Lipinski definition) is 3. The first-order chi connectivity index (χ1) is 20.0. The van der Waals surface area contributed by atoms with Gasteiger partial charge in [-0.25, -0.2) is 9.18 Å². The quantitative estimate of drug-likeness (QED) is 0.378. The van der Waals surface area contributed by atoms with Crippen molar-refractivity contribution in [2.45, 2.75) is 95.3 Å². The molecule has 3 fully saturated rings. The number of likely N-dealkylation sites (tertiary alicyclic amines) is 1. The van der Waals surface area contributed by atoms with Gasteiger partial charge in [-0.2, -0.15) is 5.26 Å². The highest BCUT2D eigenvalue weighted by atomic mass is 32.1. The predicted octanol–water partition coefficient (Wildman–Crippen LogP) is 4.65. The van der Waals surface area contributed by atoms with E-state index in [9.17, 15) is 20.0 Å². The summed E-state index contributed by atoms with van der Waals surface area (Å²) in [5, 5.41) is 28.3. The fourth-order valence-electron chi connectivity index (χ4n) is 6.22. The number of halogens is 1. The molecule has 2 amide bonds. The van der Waals surface area contributed by atoms with Crippen LogP contribution in [0, 0.1) is 23.1 Å². The predicted molar refractivity (Wildman–Crippen MR) is 156 cm³/mol. The number of thiophene rings is 1. The molecule has 5 atom stereocenters. The van der Waals surface area contributed by atoms with Gasteiger partial charge in [0.2, 0.25) is 5.91 Å². The summed E-state index contributed by atoms with van der Waals surface area (Å²) in [7, 11) is 0. The van der Waals surface area contributed by atoms with Gasteiger partial charge in [-0.05, 0) is 93.0 Å². The van der Waals surface area contributed by atoms with Crippen molar-refractivity contribution in [3.05, 3.63) is 45.9 Å². The number of nitrogens with zero attached hydrogens (tertiary/aromatic N) is 2. The standard InChI is InChI=1S/C31H39FN4O5S/c1-31(2,3)41-30(39)36-24-7-6-20(13-24)27(36)29(38)35-23(16-33)12-19-5-4-18(14-25(19)32)21-15-26(42-17-21)28(37)34-22-8-10-40-11-9-22/h4-5,14-15,17,20,22-24,27-28,34,37H,6-13H2,1-3H3,(H,35,38)/t20-,23-,24+,27-,28?/m0/s1. The SMILES string of the molecule is CC(C)(C)OC(=O)N1[C@@H]2CC[C@@H](C2)[C@H]1C(=O)N[C@H](C#N)Cc1ccc(-c2csc(C(O)NC3CCOCC3)c2)cc1F. The number of ether oxygens (including phenoxy) is 2. The maximum absolute atomic E-state index is 15.2. The molecule has 3 heterocycles. The second kappa shape index (κ2) is 12.7. The van der Waals surface area contributed by atoms with Crippen molar-refractivity contribution in [2.24, 2.45) is 5.92 Å². The molecule has 2 bridgehead atoms. The summed E-state index contributed by atoms with van der Waals surface area (Å²) < 4.78 is 26.2. The highest BCUT2D eigenvalue weighted by Gasteiger charge is 2.52. The Morgan fingerprint density at radius 3 is 2.67 bits per heavy atom. The number of hydrogen-bond acceptors (Lipinski definition) is 8. The first-order valence-electron chi connectivity index (χ1n) is 14.6. The summed E-state index contributed by atoms with van der Waals surface area (Å²) in [5.74, 6) is -0.875. The van der Waals surface area contributed by atoms with Crippen LogP contribution in [0.4, 0.5) is 9.18 Å². The highest BCUT2D eigenvalue weighted by Crippen LogP contribution is 2.43. The van der Waals surface area contributed by atoms with Crippen LogP contribution in [-0.4, -0.2) is 65.0 Å². The van der Waals surface area contributed by atoms with E-state index < -0.39 is 41.7 Å². The molecule has 1 unspecified atom stereocenters. The van der Waals surface area contributed by atoms with Crippen LogP contribution in [0.2, 0.25) is 0 Å². The molecular weight excluding hydrogens is 559 g/mol. The number of carbonyl (C=O) groups is 2. The van der Waals surface area contributed by atoms with Crippen LogP contribution >= 0.6 is 11.3 Å². The van der Waals surface area contributed by atoms with Crippen molar-refractivity contribution >= 4 is 23.3 Å². The van der Waals surface area contributed by atoms with E-state index in [-0.39, 0.29) is 24.4 Å². The van der Waals surface area contributed by atoms with Gasteiger partial charge in [0, 0.05) is 36.6 Å². The van der Waals surface area contributed by atoms with Crippen LogP contribution in [-0.2, 0) is 20.7 Å². The van der Waals surface area contributed by atoms with Crippen molar-refractivity contribution in [1.82, 2.24) is 15.5 Å². The van der Waals surface area contributed by atoms with Crippen molar-refractivity contribution < 1.29 is 28.6 Å². The Balaban J connectivity index is 1.21. The third-order valence-electron chi connectivity index (χ3n) is 8.24. The van der Waals surface area contributed by atoms with E-state index in [0.29, 0.717) is 24.3 Å². The normalized spacial score (nSPS) is 23.8. The van der Waals surface area contributed by atoms with Gasteiger partial charge in [0.1, 0.15) is 29.7 Å². The number of nitriles is 1. The number of rotatable bonds is 8. The first-order valence-corrected chi connectivity index (χ1v) is 15.5. The minimum Gasteiger partial charge on any atom is -0.444 e. The van der Waals surface area contributed by atoms with Gasteiger partial charge in [-0.3, -0.25) is 15.0 Å². The summed E-state index contributed by atoms with van der Waals surface area (Å²) in [5.41, 5.74) is 1.06. The van der Waals surface area contributed by atoms with Gasteiger partial charge >= 0.3 is 6.09 Å². The number of nitrogens with one attached hydrogen (secondary N) is 2. The highest BCUT2D eigenvalue weighted by molar-refractivity contribution is 7.10. The smallest absolute Gasteiger partial charge is 0.411 e. The van der Waals surface area contributed by atoms with Gasteiger partial charge in [0.05, 0.1) is 6.07 Å². The summed E-state index contributed by atoms with van der Waals surface area (Å²) in [6.45, 7) is 6.70. The van der Waals surface area contributed by atoms with Crippen molar-refractivity contribution in [3.8, 4) is 17.2 Å². The van der Waals surface area contributed by atoms with Crippen molar-refractivity contribution in [1.29, 1.82) is 5.26 Å². The van der Waals surface area contributed by atoms with Crippen molar-refractivity contribution in [2.75, 3.05) is 13.2 Å². The molecule has 5 rings (SSSR count). The zero-order valence-electron chi connectivity index (χ0n) is 24.3. The Kier molecular flexibility index (Phi) is 9.18. The molecule has 3 N–H and O–H groups in total. The second-order valence-corrected chi connectivity index (χ2v) is 13.4. The number of aliphatic hydroxyl groups is 1. The Labute approximate surface area is 250 Å². The molecule has 9 nitrogen and oxygen atoms in total. The van der Waals surface area contributed by atoms with E-state index in [2.05, 4.69) is 16.7 Å². The van der Waals surface area contributed by atoms with Crippen molar-refractivity contribution in [3.63, 3.8) is 0 Å². The molecule has 11 heteroatoms. The number of amides is 2. The second-order valence-electron chi connectivity index (χ2n) is 12.5. The maximum atomic E-state index is 15.2. The summed E-state index contributed by atoms with van der Waals surface area (Å²) in [6.07, 6.45) is 2.74. The molecule has 2 aromatic rings. The topological polar surface area (TPSA) is 124 Å². The zero-order valence-corrected chi connectivity index (χ0v) is 25.1. The molecule has 1 saturated carbocycles. The van der Waals surface area contributed by atoms with Gasteiger partial charge in [0.15, 0.2) is 0 Å². The van der Waals surface area contributed by atoms with Gasteiger partial charge in [-0.1, -0.05) is 12.1 Å². The molecule has 3 aliphatic rings. The van der Waals surface area contributed by atoms with E-state index in [4.69, 9.17) is 9.47 Å². The van der Waals surface area contributed by atoms with E-state index in [0.717, 1.165) is 42.5 Å². The Morgan fingerprint density at radius 1 is 1.21 bits per heavy atom. The fourth-order valence-corrected chi connectivity index (χ4v) is 7.08. The molecule has 1 aromatic heterocycles. The maximum Gasteiger partial charge on any atom is 0.411 e. The van der Waals surface area contributed by atoms with E-state index in [1.165, 1.54) is 22.3 Å². The third kappa shape index (κ3) is 6.94. The Morgan fingerprint density at radius 2 is 1.98 bits per heavy atom. The van der Waals surface area contributed by atoms with E-state index in [1.54, 1.807) is 32.9 Å². The lowest BCUT2D eigenvalue weighted by molar-refractivity contribution is -0.128. The largest absolute Gasteiger partial charge is 0.444 e. The molecule has 1 aromatic carbocycles. The lowest BCUT2D eigenvalue weighted by Gasteiger charge is -2.35. The van der Waals surface area contributed by atoms with Crippen LogP contribution in [0.1, 0.15) is 69.5 Å². The summed E-state index contributed by atoms with van der Waals surface area (Å²) in [6, 6.07) is 7.21. The zero-order chi connectivity index (χ0) is 30.0. The van der Waals surface area contributed by atoms with E-state index in [1.807, 2.05) is 11.4 Å². The minimum absolute atomic E-state index is 0.00969. The molecule has 42 heavy (non-hydrogen) atoms. The Hall–Kier alpha value is -3.04. The Bertz CT molecular complexity index is 1330. The molecular formula is C31H39FN4O5S. The molecule has 0 spiro atoms. The average Bonchev–Trinajstić information content (AvgIpc) is 3.70. The van der Waals surface area contributed by atoms with Crippen LogP contribution in [0.15, 0.2) is 29.6 Å². The number of fused-ring (bicyclic) bond motifs is 2. The minimum atomic E-state index is -0.961. The number of aliphatic hydroxyl groups excluding tert-OH is 1. The van der Waals surface area contributed by atoms with Crippen LogP contribution in [0.25, 0.3) is 11.1 Å². The number of piperidine rings is 1. The average molecular weight is 599 g/mol. The number of benzene rings is 1. The number of carbonyl (C=O) groups excluding carboxylic acids is 2. The first kappa shape index (κ1) is 30.4. The molecule has 2 saturated heterocycles. The molecule has 1 aliphatic carbocycles.